The zero-order chi connectivity index (χ0) is 10.0. The Labute approximate surface area is 84.2 Å². The van der Waals surface area contributed by atoms with Gasteiger partial charge in [0.1, 0.15) is 5.76 Å². The van der Waals surface area contributed by atoms with Gasteiger partial charge in [-0.2, -0.15) is 0 Å². The molecule has 2 heterocycles. The Morgan fingerprint density at radius 3 is 2.79 bits per heavy atom. The molecule has 14 heavy (non-hydrogen) atoms. The minimum Gasteiger partial charge on any atom is -0.469 e. The fourth-order valence-electron chi connectivity index (χ4n) is 2.04. The topological polar surface area (TPSA) is 48.4 Å². The van der Waals surface area contributed by atoms with Crippen LogP contribution in [-0.4, -0.2) is 19.8 Å². The molecule has 0 saturated carbocycles. The normalized spacial score (nSPS) is 21.6. The van der Waals surface area contributed by atoms with Gasteiger partial charge in [-0.15, -0.1) is 0 Å². The summed E-state index contributed by atoms with van der Waals surface area (Å²) in [6, 6.07) is 3.97. The third kappa shape index (κ3) is 1.57. The van der Waals surface area contributed by atoms with Crippen LogP contribution < -0.4 is 5.73 Å². The van der Waals surface area contributed by atoms with Crippen molar-refractivity contribution in [1.29, 1.82) is 0 Å². The molecule has 1 aromatic heterocycles. The fraction of sp³-hybridized carbons (Fsp3) is 0.636. The Morgan fingerprint density at radius 2 is 2.36 bits per heavy atom. The number of hydrogen-bond donors (Lipinski definition) is 1. The van der Waals surface area contributed by atoms with Crippen LogP contribution in [0, 0.1) is 5.92 Å². The summed E-state index contributed by atoms with van der Waals surface area (Å²) < 4.78 is 10.8. The molecule has 1 unspecified atom stereocenters. The molecule has 1 aliphatic rings. The van der Waals surface area contributed by atoms with E-state index in [0.717, 1.165) is 31.9 Å². The molecule has 0 aliphatic carbocycles. The van der Waals surface area contributed by atoms with Crippen LogP contribution in [-0.2, 0) is 10.2 Å². The van der Waals surface area contributed by atoms with E-state index in [-0.39, 0.29) is 5.41 Å². The maximum absolute atomic E-state index is 5.64. The van der Waals surface area contributed by atoms with Crippen molar-refractivity contribution in [2.24, 2.45) is 11.7 Å². The number of nitrogens with two attached hydrogens (primary N) is 1. The van der Waals surface area contributed by atoms with Crippen molar-refractivity contribution < 1.29 is 9.15 Å². The molecule has 1 aliphatic heterocycles. The van der Waals surface area contributed by atoms with Crippen molar-refractivity contribution in [3.8, 4) is 0 Å². The van der Waals surface area contributed by atoms with Crippen LogP contribution in [0.1, 0.15) is 19.1 Å². The summed E-state index contributed by atoms with van der Waals surface area (Å²) in [4.78, 5) is 0. The molecule has 1 saturated heterocycles. The van der Waals surface area contributed by atoms with Crippen LogP contribution in [0.3, 0.4) is 0 Å². The minimum atomic E-state index is 0.0995. The molecule has 78 valence electrons. The lowest BCUT2D eigenvalue weighted by Crippen LogP contribution is -2.48. The molecule has 0 radical (unpaired) electrons. The number of furan rings is 1. The molecule has 0 aromatic carbocycles. The quantitative estimate of drug-likeness (QED) is 0.792. The Hall–Kier alpha value is -0.800. The Kier molecular flexibility index (Phi) is 2.61. The average Bonchev–Trinajstić information content (AvgIpc) is 2.63. The highest BCUT2D eigenvalue weighted by atomic mass is 16.5. The van der Waals surface area contributed by atoms with E-state index >= 15 is 0 Å². The Balaban J connectivity index is 2.10. The summed E-state index contributed by atoms with van der Waals surface area (Å²) in [6.45, 7) is 4.43. The SMILES string of the molecule is CC(CN)CC1(c2ccco2)COC1. The van der Waals surface area contributed by atoms with Gasteiger partial charge in [0.2, 0.25) is 0 Å². The summed E-state index contributed by atoms with van der Waals surface area (Å²) in [5.41, 5.74) is 5.74. The van der Waals surface area contributed by atoms with Gasteiger partial charge in [0.15, 0.2) is 0 Å². The lowest BCUT2D eigenvalue weighted by atomic mass is 9.76. The third-order valence-corrected chi connectivity index (χ3v) is 2.94. The van der Waals surface area contributed by atoms with Crippen molar-refractivity contribution in [2.45, 2.75) is 18.8 Å². The van der Waals surface area contributed by atoms with E-state index in [1.807, 2.05) is 12.1 Å². The Bertz CT molecular complexity index is 277. The van der Waals surface area contributed by atoms with E-state index < -0.39 is 0 Å². The van der Waals surface area contributed by atoms with Gasteiger partial charge in [-0.25, -0.2) is 0 Å². The van der Waals surface area contributed by atoms with Crippen molar-refractivity contribution in [3.05, 3.63) is 24.2 Å². The van der Waals surface area contributed by atoms with E-state index in [9.17, 15) is 0 Å². The highest BCUT2D eigenvalue weighted by Gasteiger charge is 2.43. The van der Waals surface area contributed by atoms with Crippen LogP contribution in [0.5, 0.6) is 0 Å². The third-order valence-electron chi connectivity index (χ3n) is 2.94. The predicted molar refractivity (Wildman–Crippen MR) is 54.0 cm³/mol. The largest absolute Gasteiger partial charge is 0.469 e. The highest BCUT2D eigenvalue weighted by Crippen LogP contribution is 2.38. The average molecular weight is 195 g/mol. The number of rotatable bonds is 4. The van der Waals surface area contributed by atoms with E-state index in [2.05, 4.69) is 6.92 Å². The van der Waals surface area contributed by atoms with Gasteiger partial charge in [0, 0.05) is 0 Å². The maximum atomic E-state index is 5.64. The standard InChI is InChI=1S/C11H17NO2/c1-9(6-12)5-11(7-13-8-11)10-3-2-4-14-10/h2-4,9H,5-8,12H2,1H3. The van der Waals surface area contributed by atoms with Gasteiger partial charge in [-0.05, 0) is 31.0 Å². The van der Waals surface area contributed by atoms with Gasteiger partial charge in [0.05, 0.1) is 24.9 Å². The maximum Gasteiger partial charge on any atom is 0.114 e. The summed E-state index contributed by atoms with van der Waals surface area (Å²) in [6.07, 6.45) is 2.78. The number of ether oxygens (including phenoxy) is 1. The van der Waals surface area contributed by atoms with Crippen LogP contribution in [0.4, 0.5) is 0 Å². The van der Waals surface area contributed by atoms with Crippen LogP contribution in [0.15, 0.2) is 22.8 Å². The Morgan fingerprint density at radius 1 is 1.57 bits per heavy atom. The molecule has 0 amide bonds. The molecule has 1 atom stereocenters. The predicted octanol–water partition coefficient (Wildman–Crippen LogP) is 1.53. The summed E-state index contributed by atoms with van der Waals surface area (Å²) in [5, 5.41) is 0. The van der Waals surface area contributed by atoms with Crippen LogP contribution >= 0.6 is 0 Å². The van der Waals surface area contributed by atoms with Crippen molar-refractivity contribution in [2.75, 3.05) is 19.8 Å². The molecule has 3 nitrogen and oxygen atoms in total. The molecular formula is C11H17NO2. The van der Waals surface area contributed by atoms with E-state index in [1.165, 1.54) is 0 Å². The number of hydrogen-bond acceptors (Lipinski definition) is 3. The monoisotopic (exact) mass is 195 g/mol. The van der Waals surface area contributed by atoms with E-state index in [0.29, 0.717) is 5.92 Å². The molecule has 2 N–H and O–H groups in total. The minimum absolute atomic E-state index is 0.0995. The van der Waals surface area contributed by atoms with Gasteiger partial charge in [-0.3, -0.25) is 0 Å². The first kappa shape index (κ1) is 9.74. The summed E-state index contributed by atoms with van der Waals surface area (Å²) in [7, 11) is 0. The lowest BCUT2D eigenvalue weighted by Gasteiger charge is -2.41. The van der Waals surface area contributed by atoms with Crippen LogP contribution in [0.25, 0.3) is 0 Å². The first-order valence-corrected chi connectivity index (χ1v) is 5.09. The highest BCUT2D eigenvalue weighted by molar-refractivity contribution is 5.17. The molecule has 0 bridgehead atoms. The van der Waals surface area contributed by atoms with Gasteiger partial charge < -0.3 is 14.9 Å². The molecule has 2 rings (SSSR count). The molecular weight excluding hydrogens is 178 g/mol. The summed E-state index contributed by atoms with van der Waals surface area (Å²) in [5.74, 6) is 1.56. The first-order chi connectivity index (χ1) is 6.77. The van der Waals surface area contributed by atoms with Gasteiger partial charge >= 0.3 is 0 Å². The second-order valence-corrected chi connectivity index (χ2v) is 4.30. The van der Waals surface area contributed by atoms with Crippen molar-refractivity contribution in [3.63, 3.8) is 0 Å². The van der Waals surface area contributed by atoms with E-state index in [4.69, 9.17) is 14.9 Å². The van der Waals surface area contributed by atoms with Crippen molar-refractivity contribution >= 4 is 0 Å². The lowest BCUT2D eigenvalue weighted by molar-refractivity contribution is -0.0800. The zero-order valence-electron chi connectivity index (χ0n) is 8.53. The van der Waals surface area contributed by atoms with E-state index in [1.54, 1.807) is 6.26 Å². The van der Waals surface area contributed by atoms with Crippen molar-refractivity contribution in [1.82, 2.24) is 0 Å². The second-order valence-electron chi connectivity index (χ2n) is 4.30. The molecule has 0 spiro atoms. The molecule has 1 aromatic rings. The zero-order valence-corrected chi connectivity index (χ0v) is 8.53. The summed E-state index contributed by atoms with van der Waals surface area (Å²) >= 11 is 0. The van der Waals surface area contributed by atoms with Gasteiger partial charge in [0.25, 0.3) is 0 Å². The second kappa shape index (κ2) is 3.75. The first-order valence-electron chi connectivity index (χ1n) is 5.09. The van der Waals surface area contributed by atoms with Crippen LogP contribution in [0.2, 0.25) is 0 Å². The smallest absolute Gasteiger partial charge is 0.114 e. The molecule has 1 fully saturated rings. The fourth-order valence-corrected chi connectivity index (χ4v) is 2.04. The molecule has 3 heteroatoms. The van der Waals surface area contributed by atoms with Gasteiger partial charge in [-0.1, -0.05) is 6.92 Å².